The van der Waals surface area contributed by atoms with Crippen LogP contribution in [0.5, 0.6) is 0 Å². The van der Waals surface area contributed by atoms with Gasteiger partial charge < -0.3 is 5.73 Å². The van der Waals surface area contributed by atoms with Crippen LogP contribution in [0.3, 0.4) is 0 Å². The molecule has 2 N–H and O–H groups in total. The van der Waals surface area contributed by atoms with Gasteiger partial charge in [-0.15, -0.1) is 0 Å². The molecular weight excluding hydrogens is 143 g/mol. The molecule has 0 amide bonds. The van der Waals surface area contributed by atoms with Crippen LogP contribution in [-0.2, 0) is 5.67 Å². The topological polar surface area (TPSA) is 38.9 Å². The third kappa shape index (κ3) is 1.90. The van der Waals surface area contributed by atoms with Gasteiger partial charge in [-0.2, -0.15) is 0 Å². The highest BCUT2D eigenvalue weighted by Gasteiger charge is 2.19. The smallest absolute Gasteiger partial charge is 0.147 e. The van der Waals surface area contributed by atoms with Crippen molar-refractivity contribution >= 4 is 5.69 Å². The average Bonchev–Trinajstić information content (AvgIpc) is 1.86. The fraction of sp³-hybridized carbons (Fsp3) is 0.375. The van der Waals surface area contributed by atoms with E-state index in [0.717, 1.165) is 0 Å². The van der Waals surface area contributed by atoms with E-state index in [1.54, 1.807) is 12.1 Å². The molecule has 0 unspecified atom stereocenters. The third-order valence-electron chi connectivity index (χ3n) is 1.40. The van der Waals surface area contributed by atoms with Crippen molar-refractivity contribution in [1.82, 2.24) is 4.98 Å². The molecular formula is C8H11FN2. The molecule has 0 saturated heterocycles. The molecule has 1 heterocycles. The van der Waals surface area contributed by atoms with Crippen molar-refractivity contribution < 1.29 is 4.39 Å². The summed E-state index contributed by atoms with van der Waals surface area (Å²) < 4.78 is 13.1. The first-order valence-electron chi connectivity index (χ1n) is 3.41. The molecule has 11 heavy (non-hydrogen) atoms. The Hall–Kier alpha value is -1.12. The highest BCUT2D eigenvalue weighted by Crippen LogP contribution is 2.22. The van der Waals surface area contributed by atoms with Crippen LogP contribution in [0.4, 0.5) is 10.1 Å². The first-order valence-corrected chi connectivity index (χ1v) is 3.41. The van der Waals surface area contributed by atoms with Gasteiger partial charge >= 0.3 is 0 Å². The van der Waals surface area contributed by atoms with E-state index in [0.29, 0.717) is 11.4 Å². The second-order valence-corrected chi connectivity index (χ2v) is 2.95. The van der Waals surface area contributed by atoms with E-state index in [1.165, 1.54) is 20.0 Å². The Bertz CT molecular complexity index is 235. The third-order valence-corrected chi connectivity index (χ3v) is 1.40. The summed E-state index contributed by atoms with van der Waals surface area (Å²) in [4.78, 5) is 3.85. The summed E-state index contributed by atoms with van der Waals surface area (Å²) in [6, 6.07) is 3.24. The number of nitrogens with two attached hydrogens (primary N) is 1. The molecule has 1 aromatic heterocycles. The number of pyridine rings is 1. The summed E-state index contributed by atoms with van der Waals surface area (Å²) in [6.45, 7) is 2.93. The zero-order valence-electron chi connectivity index (χ0n) is 6.63. The van der Waals surface area contributed by atoms with Crippen molar-refractivity contribution in [3.05, 3.63) is 24.0 Å². The van der Waals surface area contributed by atoms with Crippen LogP contribution in [0.1, 0.15) is 19.5 Å². The monoisotopic (exact) mass is 154 g/mol. The number of hydrogen-bond donors (Lipinski definition) is 1. The Morgan fingerprint density at radius 2 is 2.09 bits per heavy atom. The summed E-state index contributed by atoms with van der Waals surface area (Å²) >= 11 is 0. The van der Waals surface area contributed by atoms with Crippen molar-refractivity contribution in [2.45, 2.75) is 19.5 Å². The number of halogens is 1. The molecule has 0 aromatic carbocycles. The maximum atomic E-state index is 13.1. The minimum absolute atomic E-state index is 0.409. The molecule has 0 atom stereocenters. The summed E-state index contributed by atoms with van der Waals surface area (Å²) in [5.41, 5.74) is 4.97. The van der Waals surface area contributed by atoms with Crippen molar-refractivity contribution in [2.75, 3.05) is 5.73 Å². The highest BCUT2D eigenvalue weighted by molar-refractivity contribution is 5.35. The Morgan fingerprint density at radius 1 is 1.45 bits per heavy atom. The van der Waals surface area contributed by atoms with Crippen LogP contribution in [0.2, 0.25) is 0 Å². The molecule has 3 heteroatoms. The number of anilines is 1. The van der Waals surface area contributed by atoms with Crippen LogP contribution < -0.4 is 5.73 Å². The average molecular weight is 154 g/mol. The van der Waals surface area contributed by atoms with E-state index in [-0.39, 0.29) is 0 Å². The largest absolute Gasteiger partial charge is 0.397 e. The zero-order valence-corrected chi connectivity index (χ0v) is 6.63. The molecule has 0 aliphatic rings. The number of aromatic nitrogens is 1. The summed E-state index contributed by atoms with van der Waals surface area (Å²) in [6.07, 6.45) is 1.46. The van der Waals surface area contributed by atoms with Gasteiger partial charge in [0.05, 0.1) is 17.6 Å². The van der Waals surface area contributed by atoms with Crippen molar-refractivity contribution in [2.24, 2.45) is 0 Å². The summed E-state index contributed by atoms with van der Waals surface area (Å²) in [5, 5.41) is 0. The van der Waals surface area contributed by atoms with Gasteiger partial charge in [0.15, 0.2) is 0 Å². The second-order valence-electron chi connectivity index (χ2n) is 2.95. The Morgan fingerprint density at radius 3 is 2.45 bits per heavy atom. The van der Waals surface area contributed by atoms with Crippen LogP contribution in [-0.4, -0.2) is 4.98 Å². The van der Waals surface area contributed by atoms with E-state index >= 15 is 0 Å². The predicted octanol–water partition coefficient (Wildman–Crippen LogP) is 1.87. The lowest BCUT2D eigenvalue weighted by molar-refractivity contribution is 0.214. The molecule has 60 valence electrons. The maximum Gasteiger partial charge on any atom is 0.147 e. The van der Waals surface area contributed by atoms with E-state index in [2.05, 4.69) is 4.98 Å². The van der Waals surface area contributed by atoms with Crippen LogP contribution in [0.15, 0.2) is 18.3 Å². The van der Waals surface area contributed by atoms with Gasteiger partial charge in [-0.3, -0.25) is 4.98 Å². The van der Waals surface area contributed by atoms with E-state index in [4.69, 9.17) is 5.73 Å². The predicted molar refractivity (Wildman–Crippen MR) is 42.8 cm³/mol. The van der Waals surface area contributed by atoms with Crippen molar-refractivity contribution in [1.29, 1.82) is 0 Å². The standard InChI is InChI=1S/C8H11FN2/c1-8(2,9)7-4-3-6(10)5-11-7/h3-5H,10H2,1-2H3. The first-order chi connectivity index (χ1) is 5.00. The van der Waals surface area contributed by atoms with Crippen LogP contribution in [0.25, 0.3) is 0 Å². The molecule has 1 aromatic rings. The van der Waals surface area contributed by atoms with Gasteiger partial charge in [-0.1, -0.05) is 0 Å². The lowest BCUT2D eigenvalue weighted by atomic mass is 10.1. The number of hydrogen-bond acceptors (Lipinski definition) is 2. The van der Waals surface area contributed by atoms with Gasteiger partial charge in [0.25, 0.3) is 0 Å². The molecule has 2 nitrogen and oxygen atoms in total. The first kappa shape index (κ1) is 7.98. The van der Waals surface area contributed by atoms with Crippen molar-refractivity contribution in [3.8, 4) is 0 Å². The summed E-state index contributed by atoms with van der Waals surface area (Å²) in [5.74, 6) is 0. The second kappa shape index (κ2) is 2.49. The van der Waals surface area contributed by atoms with Crippen LogP contribution in [0, 0.1) is 0 Å². The molecule has 0 saturated carbocycles. The summed E-state index contributed by atoms with van der Waals surface area (Å²) in [7, 11) is 0. The van der Waals surface area contributed by atoms with E-state index < -0.39 is 5.67 Å². The minimum atomic E-state index is -1.38. The van der Waals surface area contributed by atoms with Gasteiger partial charge in [0.1, 0.15) is 5.67 Å². The molecule has 0 bridgehead atoms. The van der Waals surface area contributed by atoms with Gasteiger partial charge in [-0.05, 0) is 26.0 Å². The highest BCUT2D eigenvalue weighted by atomic mass is 19.1. The number of alkyl halides is 1. The normalized spacial score (nSPS) is 11.5. The quantitative estimate of drug-likeness (QED) is 0.670. The lowest BCUT2D eigenvalue weighted by Gasteiger charge is -2.12. The molecule has 0 spiro atoms. The van der Waals surface area contributed by atoms with Crippen LogP contribution >= 0.6 is 0 Å². The molecule has 0 aliphatic heterocycles. The molecule has 1 rings (SSSR count). The number of nitrogens with zero attached hydrogens (tertiary/aromatic N) is 1. The number of rotatable bonds is 1. The van der Waals surface area contributed by atoms with Gasteiger partial charge in [-0.25, -0.2) is 4.39 Å². The lowest BCUT2D eigenvalue weighted by Crippen LogP contribution is -2.11. The fourth-order valence-corrected chi connectivity index (χ4v) is 0.757. The van der Waals surface area contributed by atoms with Gasteiger partial charge in [0, 0.05) is 0 Å². The van der Waals surface area contributed by atoms with E-state index in [9.17, 15) is 4.39 Å². The Kier molecular flexibility index (Phi) is 1.81. The minimum Gasteiger partial charge on any atom is -0.397 e. The molecule has 0 fully saturated rings. The molecule has 0 aliphatic carbocycles. The van der Waals surface area contributed by atoms with Crippen molar-refractivity contribution in [3.63, 3.8) is 0 Å². The molecule has 0 radical (unpaired) electrons. The zero-order chi connectivity index (χ0) is 8.48. The fourth-order valence-electron chi connectivity index (χ4n) is 0.757. The Balaban J connectivity index is 2.99. The van der Waals surface area contributed by atoms with E-state index in [1.807, 2.05) is 0 Å². The Labute approximate surface area is 65.3 Å². The maximum absolute atomic E-state index is 13.1. The number of nitrogen functional groups attached to an aromatic ring is 1. The SMILES string of the molecule is CC(C)(F)c1ccc(N)cn1. The van der Waals surface area contributed by atoms with Gasteiger partial charge in [0.2, 0.25) is 0 Å².